The van der Waals surface area contributed by atoms with Crippen molar-refractivity contribution in [2.45, 2.75) is 48.7 Å². The first-order chi connectivity index (χ1) is 16.5. The fourth-order valence-corrected chi connectivity index (χ4v) is 4.22. The number of nitrogens with zero attached hydrogens (tertiary/aromatic N) is 3. The molecule has 0 saturated heterocycles. The summed E-state index contributed by atoms with van der Waals surface area (Å²) in [6.45, 7) is 7.56. The van der Waals surface area contributed by atoms with Gasteiger partial charge in [0.2, 0.25) is 0 Å². The lowest BCUT2D eigenvalue weighted by Gasteiger charge is -2.03. The van der Waals surface area contributed by atoms with Crippen molar-refractivity contribution in [3.63, 3.8) is 0 Å². The molecule has 0 amide bonds. The molecule has 0 aliphatic heterocycles. The Hall–Kier alpha value is -4.00. The largest absolute Gasteiger partial charge is 0.497 e. The molecule has 7 heteroatoms. The molecule has 192 valence electrons. The molecule has 0 spiro atoms. The molecule has 1 N–H and O–H groups in total. The summed E-state index contributed by atoms with van der Waals surface area (Å²) in [5.41, 5.74) is 5.22. The Bertz CT molecular complexity index is 1430. The predicted octanol–water partition coefficient (Wildman–Crippen LogP) is 7.20. The topological polar surface area (TPSA) is 74.1 Å². The number of aromatic nitrogens is 4. The van der Waals surface area contributed by atoms with Gasteiger partial charge in [0.05, 0.1) is 30.9 Å². The van der Waals surface area contributed by atoms with Crippen LogP contribution < -0.4 is 9.47 Å². The van der Waals surface area contributed by atoms with E-state index in [1.807, 2.05) is 36.5 Å². The standard InChI is InChI=1S/C14H15N3O.C13H15NO2.2CH4/c1-3-17-9-12(13-6-7-15-16-13)11-5-4-10(18-2)8-14(11)17;1-4-14-8-12(9(2)15)11-6-5-10(16-3)7-13(11)14;;/h4-9H,3H2,1-2H3,(H,15,16);5-8H,4H2,1-3H3;2*1H4. The second-order valence-electron chi connectivity index (χ2n) is 7.95. The lowest BCUT2D eigenvalue weighted by atomic mass is 10.1. The summed E-state index contributed by atoms with van der Waals surface area (Å²) in [7, 11) is 3.34. The second kappa shape index (κ2) is 12.1. The van der Waals surface area contributed by atoms with Gasteiger partial charge in [-0.05, 0) is 51.1 Å². The van der Waals surface area contributed by atoms with Crippen molar-refractivity contribution >= 4 is 27.6 Å². The van der Waals surface area contributed by atoms with Crippen LogP contribution in [0.2, 0.25) is 0 Å². The van der Waals surface area contributed by atoms with E-state index in [9.17, 15) is 4.79 Å². The van der Waals surface area contributed by atoms with Gasteiger partial charge in [-0.25, -0.2) is 0 Å². The number of Topliss-reactive ketones (excluding diaryl/α,β-unsaturated/α-hetero) is 1. The van der Waals surface area contributed by atoms with E-state index in [1.54, 1.807) is 27.3 Å². The average molecular weight is 491 g/mol. The Labute approximate surface area is 213 Å². The summed E-state index contributed by atoms with van der Waals surface area (Å²) in [5, 5.41) is 9.24. The summed E-state index contributed by atoms with van der Waals surface area (Å²) in [5.74, 6) is 1.80. The number of benzene rings is 2. The SMILES string of the molecule is C.C.CCn1cc(-c2ccn[nH]2)c2ccc(OC)cc21.CCn1cc(C(C)=O)c2ccc(OC)cc21. The van der Waals surface area contributed by atoms with Crippen LogP contribution in [0, 0.1) is 0 Å². The van der Waals surface area contributed by atoms with Gasteiger partial charge in [-0.1, -0.05) is 14.9 Å². The van der Waals surface area contributed by atoms with Crippen LogP contribution >= 0.6 is 0 Å². The van der Waals surface area contributed by atoms with Crippen LogP contribution in [0.4, 0.5) is 0 Å². The Balaban J connectivity index is 0.000000242. The Morgan fingerprint density at radius 1 is 0.861 bits per heavy atom. The zero-order valence-electron chi connectivity index (χ0n) is 20.3. The molecule has 0 saturated carbocycles. The van der Waals surface area contributed by atoms with Gasteiger partial charge in [0, 0.05) is 65.7 Å². The van der Waals surface area contributed by atoms with Crippen LogP contribution in [-0.4, -0.2) is 39.3 Å². The summed E-state index contributed by atoms with van der Waals surface area (Å²) >= 11 is 0. The summed E-state index contributed by atoms with van der Waals surface area (Å²) in [4.78, 5) is 11.5. The van der Waals surface area contributed by atoms with Gasteiger partial charge in [0.15, 0.2) is 5.78 Å². The van der Waals surface area contributed by atoms with E-state index < -0.39 is 0 Å². The minimum absolute atomic E-state index is 0. The van der Waals surface area contributed by atoms with Gasteiger partial charge in [0.25, 0.3) is 0 Å². The predicted molar refractivity (Wildman–Crippen MR) is 149 cm³/mol. The van der Waals surface area contributed by atoms with Gasteiger partial charge < -0.3 is 18.6 Å². The maximum atomic E-state index is 11.5. The normalized spacial score (nSPS) is 10.2. The molecule has 5 rings (SSSR count). The van der Waals surface area contributed by atoms with Gasteiger partial charge in [-0.3, -0.25) is 9.89 Å². The fraction of sp³-hybridized carbons (Fsp3) is 0.310. The van der Waals surface area contributed by atoms with Crippen LogP contribution in [0.5, 0.6) is 11.5 Å². The maximum Gasteiger partial charge on any atom is 0.161 e. The maximum absolute atomic E-state index is 11.5. The number of nitrogens with one attached hydrogen (secondary N) is 1. The van der Waals surface area contributed by atoms with Crippen LogP contribution in [0.25, 0.3) is 33.1 Å². The molecule has 0 bridgehead atoms. The van der Waals surface area contributed by atoms with E-state index >= 15 is 0 Å². The number of methoxy groups -OCH3 is 2. The van der Waals surface area contributed by atoms with Crippen molar-refractivity contribution in [1.82, 2.24) is 19.3 Å². The molecule has 0 atom stereocenters. The Morgan fingerprint density at radius 3 is 1.92 bits per heavy atom. The monoisotopic (exact) mass is 490 g/mol. The average Bonchev–Trinajstić information content (AvgIpc) is 3.60. The van der Waals surface area contributed by atoms with Crippen molar-refractivity contribution in [2.75, 3.05) is 14.2 Å². The number of H-pyrrole nitrogens is 1. The summed E-state index contributed by atoms with van der Waals surface area (Å²) < 4.78 is 14.8. The third kappa shape index (κ3) is 5.30. The first-order valence-electron chi connectivity index (χ1n) is 11.3. The molecule has 3 aromatic heterocycles. The molecule has 0 aliphatic rings. The Morgan fingerprint density at radius 2 is 1.42 bits per heavy atom. The van der Waals surface area contributed by atoms with E-state index in [0.717, 1.165) is 46.7 Å². The number of hydrogen-bond acceptors (Lipinski definition) is 4. The second-order valence-corrected chi connectivity index (χ2v) is 7.95. The molecule has 0 radical (unpaired) electrons. The molecule has 36 heavy (non-hydrogen) atoms. The quantitative estimate of drug-likeness (QED) is 0.255. The van der Waals surface area contributed by atoms with Crippen molar-refractivity contribution in [3.05, 3.63) is 66.6 Å². The van der Waals surface area contributed by atoms with E-state index in [4.69, 9.17) is 9.47 Å². The molecule has 3 heterocycles. The van der Waals surface area contributed by atoms with Gasteiger partial charge in [-0.2, -0.15) is 5.10 Å². The first-order valence-corrected chi connectivity index (χ1v) is 11.3. The van der Waals surface area contributed by atoms with Crippen molar-refractivity contribution in [1.29, 1.82) is 0 Å². The molecular weight excluding hydrogens is 452 g/mol. The lowest BCUT2D eigenvalue weighted by molar-refractivity contribution is 0.101. The number of aryl methyl sites for hydroxylation is 2. The lowest BCUT2D eigenvalue weighted by Crippen LogP contribution is -1.92. The number of carbonyl (C=O) groups excluding carboxylic acids is 1. The number of fused-ring (bicyclic) bond motifs is 2. The van der Waals surface area contributed by atoms with Crippen LogP contribution in [0.1, 0.15) is 46.0 Å². The highest BCUT2D eigenvalue weighted by atomic mass is 16.5. The van der Waals surface area contributed by atoms with Crippen LogP contribution in [0.15, 0.2) is 61.1 Å². The molecule has 2 aromatic carbocycles. The van der Waals surface area contributed by atoms with E-state index in [0.29, 0.717) is 0 Å². The highest BCUT2D eigenvalue weighted by Gasteiger charge is 2.12. The minimum Gasteiger partial charge on any atom is -0.497 e. The third-order valence-electron chi connectivity index (χ3n) is 6.03. The van der Waals surface area contributed by atoms with Crippen LogP contribution in [-0.2, 0) is 13.1 Å². The molecule has 7 nitrogen and oxygen atoms in total. The highest BCUT2D eigenvalue weighted by Crippen LogP contribution is 2.31. The zero-order valence-corrected chi connectivity index (χ0v) is 20.3. The Kier molecular flexibility index (Phi) is 9.50. The van der Waals surface area contributed by atoms with Crippen molar-refractivity contribution < 1.29 is 14.3 Å². The number of ketones is 1. The summed E-state index contributed by atoms with van der Waals surface area (Å²) in [6, 6.07) is 13.9. The van der Waals surface area contributed by atoms with Crippen molar-refractivity contribution in [2.24, 2.45) is 0 Å². The van der Waals surface area contributed by atoms with E-state index in [1.165, 1.54) is 16.5 Å². The minimum atomic E-state index is 0. The highest BCUT2D eigenvalue weighted by molar-refractivity contribution is 6.07. The van der Waals surface area contributed by atoms with Gasteiger partial charge >= 0.3 is 0 Å². The van der Waals surface area contributed by atoms with Gasteiger partial charge in [0.1, 0.15) is 11.5 Å². The van der Waals surface area contributed by atoms with Crippen molar-refractivity contribution in [3.8, 4) is 22.8 Å². The molecule has 0 unspecified atom stereocenters. The number of aromatic amines is 1. The summed E-state index contributed by atoms with van der Waals surface area (Å²) in [6.07, 6.45) is 5.83. The number of hydrogen-bond donors (Lipinski definition) is 1. The molecule has 0 aliphatic carbocycles. The first kappa shape index (κ1) is 28.2. The molecule has 0 fully saturated rings. The zero-order chi connectivity index (χ0) is 24.2. The third-order valence-corrected chi connectivity index (χ3v) is 6.03. The molecule has 5 aromatic rings. The van der Waals surface area contributed by atoms with Crippen LogP contribution in [0.3, 0.4) is 0 Å². The molecular formula is C29H38N4O3. The van der Waals surface area contributed by atoms with E-state index in [-0.39, 0.29) is 20.6 Å². The van der Waals surface area contributed by atoms with E-state index in [2.05, 4.69) is 51.5 Å². The van der Waals surface area contributed by atoms with Gasteiger partial charge in [-0.15, -0.1) is 0 Å². The fourth-order valence-electron chi connectivity index (χ4n) is 4.22. The number of ether oxygens (including phenoxy) is 2. The number of carbonyl (C=O) groups is 1. The smallest absolute Gasteiger partial charge is 0.161 e. The number of rotatable bonds is 6.